The third-order valence-corrected chi connectivity index (χ3v) is 4.54. The largest absolute Gasteiger partial charge is 0.336 e. The Hall–Kier alpha value is -1.75. The van der Waals surface area contributed by atoms with Gasteiger partial charge in [-0.05, 0) is 30.9 Å². The molecule has 0 aliphatic carbocycles. The lowest BCUT2D eigenvalue weighted by Crippen LogP contribution is -2.34. The molecule has 2 aromatic rings. The van der Waals surface area contributed by atoms with Crippen molar-refractivity contribution >= 4 is 17.0 Å². The van der Waals surface area contributed by atoms with Crippen LogP contribution in [-0.4, -0.2) is 40.9 Å². The van der Waals surface area contributed by atoms with Crippen molar-refractivity contribution in [2.75, 3.05) is 24.5 Å². The maximum absolute atomic E-state index is 4.67. The van der Waals surface area contributed by atoms with E-state index in [1.165, 1.54) is 0 Å². The SMILES string of the molecule is CC1C2CNCC2CN1c1nnc2ccccc2n1. The van der Waals surface area contributed by atoms with Crippen LogP contribution in [0.3, 0.4) is 0 Å². The predicted octanol–water partition coefficient (Wildman–Crippen LogP) is 1.07. The number of nitrogens with one attached hydrogen (secondary N) is 1. The molecule has 3 atom stereocenters. The number of aromatic nitrogens is 3. The molecule has 0 amide bonds. The van der Waals surface area contributed by atoms with Crippen LogP contribution in [-0.2, 0) is 0 Å². The molecule has 0 radical (unpaired) electrons. The molecule has 19 heavy (non-hydrogen) atoms. The zero-order valence-electron chi connectivity index (χ0n) is 11.0. The molecule has 98 valence electrons. The van der Waals surface area contributed by atoms with Crippen LogP contribution in [0.2, 0.25) is 0 Å². The molecule has 3 heterocycles. The summed E-state index contributed by atoms with van der Waals surface area (Å²) in [6.07, 6.45) is 0. The van der Waals surface area contributed by atoms with E-state index in [9.17, 15) is 0 Å². The van der Waals surface area contributed by atoms with Crippen molar-refractivity contribution in [1.82, 2.24) is 20.5 Å². The highest BCUT2D eigenvalue weighted by atomic mass is 15.4. The lowest BCUT2D eigenvalue weighted by molar-refractivity contribution is 0.470. The summed E-state index contributed by atoms with van der Waals surface area (Å²) in [6, 6.07) is 8.39. The van der Waals surface area contributed by atoms with Crippen molar-refractivity contribution in [1.29, 1.82) is 0 Å². The van der Waals surface area contributed by atoms with Crippen molar-refractivity contribution < 1.29 is 0 Å². The summed E-state index contributed by atoms with van der Waals surface area (Å²) in [6.45, 7) is 5.55. The van der Waals surface area contributed by atoms with Crippen molar-refractivity contribution in [2.45, 2.75) is 13.0 Å². The number of fused-ring (bicyclic) bond motifs is 2. The van der Waals surface area contributed by atoms with E-state index in [0.29, 0.717) is 6.04 Å². The molecule has 2 aliphatic rings. The van der Waals surface area contributed by atoms with Crippen LogP contribution in [0.4, 0.5) is 5.95 Å². The van der Waals surface area contributed by atoms with Gasteiger partial charge in [-0.15, -0.1) is 10.2 Å². The van der Waals surface area contributed by atoms with Gasteiger partial charge in [0.2, 0.25) is 5.95 Å². The summed E-state index contributed by atoms with van der Waals surface area (Å²) < 4.78 is 0. The van der Waals surface area contributed by atoms with Gasteiger partial charge in [-0.2, -0.15) is 0 Å². The summed E-state index contributed by atoms with van der Waals surface area (Å²) in [5.74, 6) is 2.22. The fraction of sp³-hybridized carbons (Fsp3) is 0.500. The first-order chi connectivity index (χ1) is 9.33. The van der Waals surface area contributed by atoms with Gasteiger partial charge in [0.25, 0.3) is 0 Å². The van der Waals surface area contributed by atoms with E-state index in [0.717, 1.165) is 48.5 Å². The second-order valence-corrected chi connectivity index (χ2v) is 5.58. The normalized spacial score (nSPS) is 29.9. The number of rotatable bonds is 1. The number of hydrogen-bond donors (Lipinski definition) is 1. The topological polar surface area (TPSA) is 53.9 Å². The Morgan fingerprint density at radius 2 is 2.00 bits per heavy atom. The summed E-state index contributed by atoms with van der Waals surface area (Å²) >= 11 is 0. The summed E-state index contributed by atoms with van der Waals surface area (Å²) in [5, 5.41) is 12.1. The van der Waals surface area contributed by atoms with Crippen molar-refractivity contribution in [3.05, 3.63) is 24.3 Å². The van der Waals surface area contributed by atoms with Gasteiger partial charge in [-0.25, -0.2) is 4.98 Å². The third-order valence-electron chi connectivity index (χ3n) is 4.54. The molecular formula is C14H17N5. The average molecular weight is 255 g/mol. The lowest BCUT2D eigenvalue weighted by atomic mass is 9.95. The van der Waals surface area contributed by atoms with Crippen LogP contribution >= 0.6 is 0 Å². The Morgan fingerprint density at radius 3 is 2.84 bits per heavy atom. The molecule has 2 aliphatic heterocycles. The van der Waals surface area contributed by atoms with Gasteiger partial charge < -0.3 is 10.2 Å². The van der Waals surface area contributed by atoms with Crippen molar-refractivity contribution in [3.63, 3.8) is 0 Å². The van der Waals surface area contributed by atoms with E-state index in [4.69, 9.17) is 0 Å². The number of benzene rings is 1. The van der Waals surface area contributed by atoms with Crippen LogP contribution in [0.1, 0.15) is 6.92 Å². The van der Waals surface area contributed by atoms with Gasteiger partial charge in [0.15, 0.2) is 0 Å². The van der Waals surface area contributed by atoms with Crippen molar-refractivity contribution in [2.24, 2.45) is 11.8 Å². The Labute approximate surface area is 112 Å². The van der Waals surface area contributed by atoms with Crippen molar-refractivity contribution in [3.8, 4) is 0 Å². The fourth-order valence-corrected chi connectivity index (χ4v) is 3.43. The quantitative estimate of drug-likeness (QED) is 0.826. The van der Waals surface area contributed by atoms with Gasteiger partial charge in [-0.3, -0.25) is 0 Å². The molecule has 1 aromatic carbocycles. The van der Waals surface area contributed by atoms with E-state index >= 15 is 0 Å². The first kappa shape index (κ1) is 11.1. The molecule has 4 rings (SSSR count). The van der Waals surface area contributed by atoms with Crippen LogP contribution in [0.25, 0.3) is 11.0 Å². The Kier molecular flexibility index (Phi) is 2.41. The number of anilines is 1. The smallest absolute Gasteiger partial charge is 0.246 e. The van der Waals surface area contributed by atoms with Crippen LogP contribution in [0.5, 0.6) is 0 Å². The first-order valence-electron chi connectivity index (χ1n) is 6.90. The van der Waals surface area contributed by atoms with Gasteiger partial charge >= 0.3 is 0 Å². The number of nitrogens with zero attached hydrogens (tertiary/aromatic N) is 4. The highest BCUT2D eigenvalue weighted by Gasteiger charge is 2.42. The van der Waals surface area contributed by atoms with Gasteiger partial charge in [0.05, 0.1) is 5.52 Å². The summed E-state index contributed by atoms with van der Waals surface area (Å²) in [7, 11) is 0. The highest BCUT2D eigenvalue weighted by Crippen LogP contribution is 2.34. The van der Waals surface area contributed by atoms with E-state index in [1.807, 2.05) is 24.3 Å². The third kappa shape index (κ3) is 1.69. The summed E-state index contributed by atoms with van der Waals surface area (Å²) in [4.78, 5) is 6.98. The minimum Gasteiger partial charge on any atom is -0.336 e. The maximum Gasteiger partial charge on any atom is 0.246 e. The minimum atomic E-state index is 0.489. The van der Waals surface area contributed by atoms with E-state index in [2.05, 4.69) is 32.3 Å². The molecule has 3 unspecified atom stereocenters. The molecule has 2 fully saturated rings. The second-order valence-electron chi connectivity index (χ2n) is 5.58. The zero-order valence-corrected chi connectivity index (χ0v) is 11.0. The molecule has 0 saturated carbocycles. The van der Waals surface area contributed by atoms with Gasteiger partial charge in [-0.1, -0.05) is 12.1 Å². The molecule has 2 saturated heterocycles. The average Bonchev–Trinajstić information content (AvgIpc) is 3.02. The molecular weight excluding hydrogens is 238 g/mol. The standard InChI is InChI=1S/C14H17N5/c1-9-11-7-15-6-10(11)8-19(9)14-16-12-4-2-3-5-13(12)17-18-14/h2-5,9-11,15H,6-8H2,1H3. The van der Waals surface area contributed by atoms with Crippen LogP contribution in [0, 0.1) is 11.8 Å². The van der Waals surface area contributed by atoms with Gasteiger partial charge in [0.1, 0.15) is 5.52 Å². The molecule has 0 spiro atoms. The Balaban J connectivity index is 1.71. The van der Waals surface area contributed by atoms with E-state index < -0.39 is 0 Å². The fourth-order valence-electron chi connectivity index (χ4n) is 3.43. The Morgan fingerprint density at radius 1 is 1.16 bits per heavy atom. The monoisotopic (exact) mass is 255 g/mol. The predicted molar refractivity (Wildman–Crippen MR) is 74.0 cm³/mol. The highest BCUT2D eigenvalue weighted by molar-refractivity contribution is 5.74. The zero-order chi connectivity index (χ0) is 12.8. The molecule has 5 heteroatoms. The Bertz CT molecular complexity index is 614. The second kappa shape index (κ2) is 4.13. The molecule has 1 aromatic heterocycles. The molecule has 1 N–H and O–H groups in total. The maximum atomic E-state index is 4.67. The minimum absolute atomic E-state index is 0.489. The molecule has 0 bridgehead atoms. The van der Waals surface area contributed by atoms with Crippen LogP contribution < -0.4 is 10.2 Å². The van der Waals surface area contributed by atoms with Gasteiger partial charge in [0, 0.05) is 25.7 Å². The number of hydrogen-bond acceptors (Lipinski definition) is 5. The lowest BCUT2D eigenvalue weighted by Gasteiger charge is -2.23. The molecule has 5 nitrogen and oxygen atoms in total. The van der Waals surface area contributed by atoms with E-state index in [-0.39, 0.29) is 0 Å². The van der Waals surface area contributed by atoms with Crippen LogP contribution in [0.15, 0.2) is 24.3 Å². The number of para-hydroxylation sites is 1. The summed E-state index contributed by atoms with van der Waals surface area (Å²) in [5.41, 5.74) is 1.79. The first-order valence-corrected chi connectivity index (χ1v) is 6.90. The van der Waals surface area contributed by atoms with E-state index in [1.54, 1.807) is 0 Å².